The Morgan fingerprint density at radius 1 is 1.00 bits per heavy atom. The van der Waals surface area contributed by atoms with Crippen molar-refractivity contribution < 1.29 is 50.9 Å². The van der Waals surface area contributed by atoms with Gasteiger partial charge in [0.25, 0.3) is 5.91 Å². The average molecular weight is 555 g/mol. The molecule has 2 saturated heterocycles. The van der Waals surface area contributed by atoms with Crippen LogP contribution in [0.5, 0.6) is 0 Å². The molecule has 2 aromatic heterocycles. The molecule has 0 unspecified atom stereocenters. The number of carboxylic acids is 2. The highest BCUT2D eigenvalue weighted by Crippen LogP contribution is 2.40. The number of alkyl halides is 6. The molecule has 0 aliphatic carbocycles. The zero-order valence-electron chi connectivity index (χ0n) is 19.3. The molecule has 2 fully saturated rings. The van der Waals surface area contributed by atoms with Gasteiger partial charge in [-0.3, -0.25) is 9.69 Å². The van der Waals surface area contributed by atoms with Crippen LogP contribution in [0.2, 0.25) is 0 Å². The van der Waals surface area contributed by atoms with Crippen LogP contribution in [0, 0.1) is 12.3 Å². The number of carboxylic acid groups (broad SMARTS) is 2. The Morgan fingerprint density at radius 3 is 2.03 bits per heavy atom. The summed E-state index contributed by atoms with van der Waals surface area (Å²) in [6.45, 7) is 6.96. The third-order valence-electron chi connectivity index (χ3n) is 5.44. The number of pyridine rings is 1. The van der Waals surface area contributed by atoms with E-state index >= 15 is 0 Å². The Bertz CT molecular complexity index is 1060. The molecule has 2 N–H and O–H groups in total. The molecule has 37 heavy (non-hydrogen) atoms. The minimum atomic E-state index is -5.08. The van der Waals surface area contributed by atoms with Crippen LogP contribution in [-0.4, -0.2) is 81.4 Å². The summed E-state index contributed by atoms with van der Waals surface area (Å²) in [6, 6.07) is 7.85. The fourth-order valence-electron chi connectivity index (χ4n) is 3.79. The number of halogens is 6. The highest BCUT2D eigenvalue weighted by molar-refractivity contribution is 7.07. The van der Waals surface area contributed by atoms with Crippen molar-refractivity contribution >= 4 is 29.2 Å². The summed E-state index contributed by atoms with van der Waals surface area (Å²) in [6.07, 6.45) is -8.97. The first-order valence-corrected chi connectivity index (χ1v) is 11.5. The molecule has 2 aliphatic heterocycles. The van der Waals surface area contributed by atoms with E-state index in [1.54, 1.807) is 11.3 Å². The molecule has 0 radical (unpaired) electrons. The fraction of sp³-hybridized carbons (Fsp3) is 0.455. The van der Waals surface area contributed by atoms with E-state index in [-0.39, 0.29) is 5.91 Å². The Kier molecular flexibility index (Phi) is 9.66. The zero-order valence-corrected chi connectivity index (χ0v) is 20.2. The number of thiophene rings is 1. The lowest BCUT2D eigenvalue weighted by molar-refractivity contribution is -0.193. The van der Waals surface area contributed by atoms with E-state index in [0.29, 0.717) is 11.1 Å². The SMILES string of the molecule is Cc1cccc(C(=O)N2CC3(CCN(Cc4ccsc4)C3)C2)n1.O=C(O)C(F)(F)F.O=C(O)C(F)(F)F. The first kappa shape index (κ1) is 30.0. The lowest BCUT2D eigenvalue weighted by atomic mass is 9.79. The molecule has 1 amide bonds. The lowest BCUT2D eigenvalue weighted by Gasteiger charge is -2.48. The third-order valence-corrected chi connectivity index (χ3v) is 6.17. The van der Waals surface area contributed by atoms with E-state index < -0.39 is 24.3 Å². The van der Waals surface area contributed by atoms with Gasteiger partial charge in [-0.2, -0.15) is 37.7 Å². The number of carbonyl (C=O) groups is 3. The van der Waals surface area contributed by atoms with E-state index in [2.05, 4.69) is 26.7 Å². The normalized spacial score (nSPS) is 16.7. The van der Waals surface area contributed by atoms with Crippen LogP contribution in [0.4, 0.5) is 26.3 Å². The van der Waals surface area contributed by atoms with E-state index in [0.717, 1.165) is 38.4 Å². The maximum absolute atomic E-state index is 12.5. The van der Waals surface area contributed by atoms with Crippen molar-refractivity contribution in [3.8, 4) is 0 Å². The van der Waals surface area contributed by atoms with Gasteiger partial charge in [-0.05, 0) is 54.4 Å². The maximum Gasteiger partial charge on any atom is 0.490 e. The number of hydrogen-bond acceptors (Lipinski definition) is 6. The summed E-state index contributed by atoms with van der Waals surface area (Å²) in [5, 5.41) is 18.6. The zero-order chi connectivity index (χ0) is 28.0. The summed E-state index contributed by atoms with van der Waals surface area (Å²) in [5.74, 6) is -5.43. The van der Waals surface area contributed by atoms with Crippen molar-refractivity contribution in [1.29, 1.82) is 0 Å². The molecule has 0 bridgehead atoms. The second-order valence-electron chi connectivity index (χ2n) is 8.52. The number of hydrogen-bond donors (Lipinski definition) is 2. The highest BCUT2D eigenvalue weighted by atomic mass is 32.1. The van der Waals surface area contributed by atoms with Crippen LogP contribution in [0.3, 0.4) is 0 Å². The molecule has 4 heterocycles. The summed E-state index contributed by atoms with van der Waals surface area (Å²) in [5.41, 5.74) is 3.19. The van der Waals surface area contributed by atoms with Crippen molar-refractivity contribution in [1.82, 2.24) is 14.8 Å². The van der Waals surface area contributed by atoms with Gasteiger partial charge in [0.1, 0.15) is 5.69 Å². The average Bonchev–Trinajstić information content (AvgIpc) is 3.42. The van der Waals surface area contributed by atoms with Crippen molar-refractivity contribution in [2.75, 3.05) is 26.2 Å². The number of likely N-dealkylation sites (tertiary alicyclic amines) is 2. The topological polar surface area (TPSA) is 111 Å². The molecule has 4 rings (SSSR count). The number of aliphatic carboxylic acids is 2. The molecular formula is C22H23F6N3O5S. The Labute approximate surface area is 211 Å². The molecule has 8 nitrogen and oxygen atoms in total. The monoisotopic (exact) mass is 555 g/mol. The van der Waals surface area contributed by atoms with E-state index in [9.17, 15) is 31.1 Å². The Morgan fingerprint density at radius 2 is 1.57 bits per heavy atom. The first-order valence-electron chi connectivity index (χ1n) is 10.6. The van der Waals surface area contributed by atoms with Gasteiger partial charge < -0.3 is 15.1 Å². The number of aromatic nitrogens is 1. The summed E-state index contributed by atoms with van der Waals surface area (Å²) in [7, 11) is 0. The van der Waals surface area contributed by atoms with Crippen LogP contribution in [0.1, 0.15) is 28.2 Å². The molecule has 2 aliphatic rings. The van der Waals surface area contributed by atoms with Crippen molar-refractivity contribution in [2.45, 2.75) is 32.2 Å². The predicted molar refractivity (Wildman–Crippen MR) is 119 cm³/mol. The van der Waals surface area contributed by atoms with E-state index in [1.165, 1.54) is 12.0 Å². The Hall–Kier alpha value is -3.20. The van der Waals surface area contributed by atoms with Gasteiger partial charge >= 0.3 is 24.3 Å². The highest BCUT2D eigenvalue weighted by Gasteiger charge is 2.49. The second kappa shape index (κ2) is 11.9. The fourth-order valence-corrected chi connectivity index (χ4v) is 4.45. The van der Waals surface area contributed by atoms with Gasteiger partial charge in [0, 0.05) is 37.3 Å². The smallest absolute Gasteiger partial charge is 0.475 e. The van der Waals surface area contributed by atoms with Crippen LogP contribution in [0.15, 0.2) is 35.0 Å². The summed E-state index contributed by atoms with van der Waals surface area (Å²) >= 11 is 1.76. The molecule has 1 spiro atoms. The minimum absolute atomic E-state index is 0.0793. The van der Waals surface area contributed by atoms with Gasteiger partial charge in [-0.1, -0.05) is 6.07 Å². The minimum Gasteiger partial charge on any atom is -0.475 e. The van der Waals surface area contributed by atoms with Crippen LogP contribution in [-0.2, 0) is 16.1 Å². The molecule has 15 heteroatoms. The Balaban J connectivity index is 0.000000286. The molecular weight excluding hydrogens is 532 g/mol. The van der Waals surface area contributed by atoms with Gasteiger partial charge in [0.2, 0.25) is 0 Å². The van der Waals surface area contributed by atoms with Crippen LogP contribution in [0.25, 0.3) is 0 Å². The number of amides is 1. The molecule has 0 saturated carbocycles. The summed E-state index contributed by atoms with van der Waals surface area (Å²) < 4.78 is 63.5. The molecule has 204 valence electrons. The van der Waals surface area contributed by atoms with Crippen LogP contribution >= 0.6 is 11.3 Å². The molecule has 0 atom stereocenters. The van der Waals surface area contributed by atoms with E-state index in [1.807, 2.05) is 30.0 Å². The first-order chi connectivity index (χ1) is 17.0. The lowest BCUT2D eigenvalue weighted by Crippen LogP contribution is -2.59. The van der Waals surface area contributed by atoms with Crippen molar-refractivity contribution in [3.63, 3.8) is 0 Å². The largest absolute Gasteiger partial charge is 0.490 e. The standard InChI is InChI=1S/C18H21N3OS.2C2HF3O2/c1-14-3-2-4-16(19-14)17(22)21-12-18(13-21)6-7-20(11-18)9-15-5-8-23-10-15;2*3-2(4,5)1(6)7/h2-5,8,10H,6-7,9,11-13H2,1H3;2*(H,6,7). The van der Waals surface area contributed by atoms with Crippen molar-refractivity contribution in [2.24, 2.45) is 5.41 Å². The molecule has 0 aromatic carbocycles. The second-order valence-corrected chi connectivity index (χ2v) is 9.30. The predicted octanol–water partition coefficient (Wildman–Crippen LogP) is 4.07. The maximum atomic E-state index is 12.5. The third kappa shape index (κ3) is 9.00. The molecule has 2 aromatic rings. The van der Waals surface area contributed by atoms with Crippen molar-refractivity contribution in [3.05, 3.63) is 52.0 Å². The van der Waals surface area contributed by atoms with Crippen LogP contribution < -0.4 is 0 Å². The summed E-state index contributed by atoms with van der Waals surface area (Å²) in [4.78, 5) is 39.1. The van der Waals surface area contributed by atoms with Gasteiger partial charge in [0.05, 0.1) is 0 Å². The number of nitrogens with zero attached hydrogens (tertiary/aromatic N) is 3. The quantitative estimate of drug-likeness (QED) is 0.550. The van der Waals surface area contributed by atoms with E-state index in [4.69, 9.17) is 19.8 Å². The van der Waals surface area contributed by atoms with Gasteiger partial charge in [0.15, 0.2) is 0 Å². The number of aryl methyl sites for hydroxylation is 1. The number of rotatable bonds is 3. The van der Waals surface area contributed by atoms with Gasteiger partial charge in [-0.25, -0.2) is 14.6 Å². The van der Waals surface area contributed by atoms with Gasteiger partial charge in [-0.15, -0.1) is 0 Å². The number of carbonyl (C=O) groups excluding carboxylic acids is 1.